The van der Waals surface area contributed by atoms with Crippen molar-refractivity contribution >= 4 is 10.0 Å². The highest BCUT2D eigenvalue weighted by Gasteiger charge is 2.14. The number of rotatable bonds is 4. The predicted octanol–water partition coefficient (Wildman–Crippen LogP) is 2.88. The van der Waals surface area contributed by atoms with Crippen molar-refractivity contribution in [3.8, 4) is 22.4 Å². The maximum absolute atomic E-state index is 11.4. The SMILES string of the molecule is CCn1cc(-c2ccccc2)c(-c2ccc(S(N)(=O)=O)cc2)n1. The average molecular weight is 327 g/mol. The highest BCUT2D eigenvalue weighted by molar-refractivity contribution is 7.89. The molecule has 0 unspecified atom stereocenters. The van der Waals surface area contributed by atoms with Crippen molar-refractivity contribution in [2.24, 2.45) is 5.14 Å². The molecule has 3 rings (SSSR count). The zero-order valence-corrected chi connectivity index (χ0v) is 13.5. The molecule has 0 amide bonds. The van der Waals surface area contributed by atoms with Gasteiger partial charge in [-0.05, 0) is 24.6 Å². The van der Waals surface area contributed by atoms with E-state index in [0.29, 0.717) is 0 Å². The van der Waals surface area contributed by atoms with Crippen LogP contribution in [0.4, 0.5) is 0 Å². The van der Waals surface area contributed by atoms with Crippen LogP contribution >= 0.6 is 0 Å². The van der Waals surface area contributed by atoms with Crippen LogP contribution in [0.25, 0.3) is 22.4 Å². The summed E-state index contributed by atoms with van der Waals surface area (Å²) in [6.45, 7) is 2.78. The van der Waals surface area contributed by atoms with E-state index in [1.807, 2.05) is 48.1 Å². The van der Waals surface area contributed by atoms with Crippen LogP contribution in [-0.4, -0.2) is 18.2 Å². The molecule has 5 nitrogen and oxygen atoms in total. The lowest BCUT2D eigenvalue weighted by Gasteiger charge is -2.04. The van der Waals surface area contributed by atoms with Gasteiger partial charge in [-0.3, -0.25) is 4.68 Å². The van der Waals surface area contributed by atoms with Crippen LogP contribution in [0, 0.1) is 0 Å². The molecule has 1 aromatic heterocycles. The average Bonchev–Trinajstić information content (AvgIpc) is 2.99. The molecule has 0 aliphatic rings. The molecule has 0 fully saturated rings. The van der Waals surface area contributed by atoms with Gasteiger partial charge in [0.1, 0.15) is 5.69 Å². The van der Waals surface area contributed by atoms with E-state index in [1.165, 1.54) is 12.1 Å². The third-order valence-electron chi connectivity index (χ3n) is 3.63. The summed E-state index contributed by atoms with van der Waals surface area (Å²) in [6.07, 6.45) is 2.00. The van der Waals surface area contributed by atoms with Crippen LogP contribution in [-0.2, 0) is 16.6 Å². The van der Waals surface area contributed by atoms with E-state index in [9.17, 15) is 8.42 Å². The summed E-state index contributed by atoms with van der Waals surface area (Å²) in [7, 11) is -3.69. The fraction of sp³-hybridized carbons (Fsp3) is 0.118. The Morgan fingerprint density at radius 3 is 2.22 bits per heavy atom. The zero-order valence-electron chi connectivity index (χ0n) is 12.7. The second-order valence-electron chi connectivity index (χ2n) is 5.18. The number of primary sulfonamides is 1. The van der Waals surface area contributed by atoms with Gasteiger partial charge < -0.3 is 0 Å². The number of benzene rings is 2. The molecule has 0 saturated carbocycles. The summed E-state index contributed by atoms with van der Waals surface area (Å²) in [6, 6.07) is 16.4. The molecule has 2 aromatic carbocycles. The van der Waals surface area contributed by atoms with Gasteiger partial charge in [-0.25, -0.2) is 13.6 Å². The normalized spacial score (nSPS) is 11.6. The topological polar surface area (TPSA) is 78.0 Å². The van der Waals surface area contributed by atoms with Crippen LogP contribution in [0.5, 0.6) is 0 Å². The van der Waals surface area contributed by atoms with Crippen molar-refractivity contribution in [1.29, 1.82) is 0 Å². The predicted molar refractivity (Wildman–Crippen MR) is 90.1 cm³/mol. The largest absolute Gasteiger partial charge is 0.272 e. The molecule has 0 saturated heterocycles. The van der Waals surface area contributed by atoms with E-state index >= 15 is 0 Å². The van der Waals surface area contributed by atoms with Gasteiger partial charge in [-0.1, -0.05) is 42.5 Å². The van der Waals surface area contributed by atoms with Gasteiger partial charge in [0.2, 0.25) is 10.0 Å². The molecule has 0 aliphatic heterocycles. The van der Waals surface area contributed by atoms with E-state index in [-0.39, 0.29) is 4.90 Å². The molecule has 118 valence electrons. The molecule has 1 heterocycles. The maximum atomic E-state index is 11.4. The van der Waals surface area contributed by atoms with Crippen molar-refractivity contribution in [1.82, 2.24) is 9.78 Å². The Kier molecular flexibility index (Phi) is 4.02. The molecule has 0 aliphatic carbocycles. The number of sulfonamides is 1. The fourth-order valence-electron chi connectivity index (χ4n) is 2.43. The van der Waals surface area contributed by atoms with Gasteiger partial charge in [-0.15, -0.1) is 0 Å². The van der Waals surface area contributed by atoms with Crippen molar-refractivity contribution in [3.05, 3.63) is 60.8 Å². The minimum Gasteiger partial charge on any atom is -0.272 e. The smallest absolute Gasteiger partial charge is 0.238 e. The molecule has 23 heavy (non-hydrogen) atoms. The van der Waals surface area contributed by atoms with Crippen molar-refractivity contribution < 1.29 is 8.42 Å². The van der Waals surface area contributed by atoms with Gasteiger partial charge in [0.15, 0.2) is 0 Å². The van der Waals surface area contributed by atoms with Crippen LogP contribution in [0.3, 0.4) is 0 Å². The first-order valence-electron chi connectivity index (χ1n) is 7.25. The van der Waals surface area contributed by atoms with Gasteiger partial charge in [-0.2, -0.15) is 5.10 Å². The third-order valence-corrected chi connectivity index (χ3v) is 4.56. The lowest BCUT2D eigenvalue weighted by molar-refractivity contribution is 0.598. The monoisotopic (exact) mass is 327 g/mol. The Bertz CT molecular complexity index is 914. The standard InChI is InChI=1S/C17H17N3O2S/c1-2-20-12-16(13-6-4-3-5-7-13)17(19-20)14-8-10-15(11-9-14)23(18,21)22/h3-12H,2H2,1H3,(H2,18,21,22). The van der Waals surface area contributed by atoms with Gasteiger partial charge in [0, 0.05) is 23.9 Å². The summed E-state index contributed by atoms with van der Waals surface area (Å²) in [4.78, 5) is 0.0948. The summed E-state index contributed by atoms with van der Waals surface area (Å²) in [5, 5.41) is 9.75. The first kappa shape index (κ1) is 15.5. The minimum absolute atomic E-state index is 0.0948. The maximum Gasteiger partial charge on any atom is 0.238 e. The number of nitrogens with zero attached hydrogens (tertiary/aromatic N) is 2. The quantitative estimate of drug-likeness (QED) is 0.800. The molecule has 0 atom stereocenters. The molecule has 0 spiro atoms. The molecule has 6 heteroatoms. The molecule has 3 aromatic rings. The first-order chi connectivity index (χ1) is 11.0. The van der Waals surface area contributed by atoms with E-state index in [1.54, 1.807) is 12.1 Å². The van der Waals surface area contributed by atoms with E-state index in [4.69, 9.17) is 5.14 Å². The Labute approximate surface area is 135 Å². The van der Waals surface area contributed by atoms with Gasteiger partial charge in [0.25, 0.3) is 0 Å². The molecule has 0 bridgehead atoms. The summed E-state index contributed by atoms with van der Waals surface area (Å²) >= 11 is 0. The van der Waals surface area contributed by atoms with Crippen LogP contribution in [0.2, 0.25) is 0 Å². The zero-order chi connectivity index (χ0) is 16.4. The number of aromatic nitrogens is 2. The summed E-state index contributed by atoms with van der Waals surface area (Å²) < 4.78 is 24.6. The van der Waals surface area contributed by atoms with E-state index < -0.39 is 10.0 Å². The summed E-state index contributed by atoms with van der Waals surface area (Å²) in [5.41, 5.74) is 3.75. The fourth-order valence-corrected chi connectivity index (χ4v) is 2.94. The molecule has 2 N–H and O–H groups in total. The third kappa shape index (κ3) is 3.18. The van der Waals surface area contributed by atoms with E-state index in [0.717, 1.165) is 28.9 Å². The highest BCUT2D eigenvalue weighted by Crippen LogP contribution is 2.31. The van der Waals surface area contributed by atoms with Crippen molar-refractivity contribution in [2.75, 3.05) is 0 Å². The minimum atomic E-state index is -3.69. The molecular formula is C17H17N3O2S. The van der Waals surface area contributed by atoms with Crippen LogP contribution in [0.15, 0.2) is 65.7 Å². The Morgan fingerprint density at radius 2 is 1.65 bits per heavy atom. The lowest BCUT2D eigenvalue weighted by Crippen LogP contribution is -2.11. The van der Waals surface area contributed by atoms with Crippen molar-refractivity contribution in [2.45, 2.75) is 18.4 Å². The number of nitrogens with two attached hydrogens (primary N) is 1. The van der Waals surface area contributed by atoms with Crippen molar-refractivity contribution in [3.63, 3.8) is 0 Å². The van der Waals surface area contributed by atoms with E-state index in [2.05, 4.69) is 5.10 Å². The first-order valence-corrected chi connectivity index (χ1v) is 8.80. The lowest BCUT2D eigenvalue weighted by atomic mass is 10.0. The Hall–Kier alpha value is -2.44. The molecule has 0 radical (unpaired) electrons. The van der Waals surface area contributed by atoms with Crippen LogP contribution in [0.1, 0.15) is 6.92 Å². The second kappa shape index (κ2) is 5.98. The van der Waals surface area contributed by atoms with Gasteiger partial charge >= 0.3 is 0 Å². The number of hydrogen-bond acceptors (Lipinski definition) is 3. The highest BCUT2D eigenvalue weighted by atomic mass is 32.2. The molecular weight excluding hydrogens is 310 g/mol. The summed E-state index contributed by atoms with van der Waals surface area (Å²) in [5.74, 6) is 0. The number of hydrogen-bond donors (Lipinski definition) is 1. The van der Waals surface area contributed by atoms with Crippen LogP contribution < -0.4 is 5.14 Å². The van der Waals surface area contributed by atoms with Gasteiger partial charge in [0.05, 0.1) is 4.90 Å². The Balaban J connectivity index is 2.11. The Morgan fingerprint density at radius 1 is 1.00 bits per heavy atom. The number of aryl methyl sites for hydroxylation is 1. The second-order valence-corrected chi connectivity index (χ2v) is 6.74.